The molecular weight excluding hydrogens is 548 g/mol. The van der Waals surface area contributed by atoms with E-state index in [9.17, 15) is 0 Å². The Kier molecular flexibility index (Phi) is 10.2. The molecule has 0 N–H and O–H groups in total. The number of aromatic nitrogens is 2. The summed E-state index contributed by atoms with van der Waals surface area (Å²) in [4.78, 5) is 4.91. The van der Waals surface area contributed by atoms with E-state index < -0.39 is 0 Å². The minimum absolute atomic E-state index is 0.0975. The topological polar surface area (TPSA) is 54.7 Å². The van der Waals surface area contributed by atoms with Gasteiger partial charge in [-0.3, -0.25) is 0 Å². The monoisotopic (exact) mass is 586 g/mol. The van der Waals surface area contributed by atoms with Crippen molar-refractivity contribution >= 4 is 0 Å². The van der Waals surface area contributed by atoms with E-state index in [2.05, 4.69) is 60.1 Å². The molecule has 44 heavy (non-hydrogen) atoms. The van der Waals surface area contributed by atoms with Gasteiger partial charge in [0.2, 0.25) is 0 Å². The molecule has 3 heterocycles. The van der Waals surface area contributed by atoms with Crippen molar-refractivity contribution in [1.29, 1.82) is 0 Å². The minimum Gasteiger partial charge on any atom is -0.353 e. The predicted molar refractivity (Wildman–Crippen MR) is 170 cm³/mol. The number of nitrogens with zero attached hydrogens (tertiary/aromatic N) is 2. The Morgan fingerprint density at radius 1 is 0.682 bits per heavy atom. The summed E-state index contributed by atoms with van der Waals surface area (Å²) in [5, 5.41) is 0. The van der Waals surface area contributed by atoms with Crippen LogP contribution in [0.5, 0.6) is 0 Å². The fourth-order valence-corrected chi connectivity index (χ4v) is 5.27. The van der Waals surface area contributed by atoms with Gasteiger partial charge in [-0.15, -0.1) is 0 Å². The Bertz CT molecular complexity index is 1630. The SMILES string of the molecule is Cn1c(-c2ccccc2)nc(C#Cc2ccc(COC3CCCCO3)cc2)c1C#Cc1ccc(COC2CCCCO2)cc1. The highest BCUT2D eigenvalue weighted by Gasteiger charge is 2.16. The van der Waals surface area contributed by atoms with Gasteiger partial charge in [0.05, 0.1) is 13.2 Å². The summed E-state index contributed by atoms with van der Waals surface area (Å²) in [5.74, 6) is 14.1. The Balaban J connectivity index is 1.18. The molecule has 0 amide bonds. The predicted octanol–water partition coefficient (Wildman–Crippen LogP) is 6.97. The molecule has 0 bridgehead atoms. The zero-order valence-corrected chi connectivity index (χ0v) is 25.3. The summed E-state index contributed by atoms with van der Waals surface area (Å²) in [6.45, 7) is 2.62. The Hall–Kier alpha value is -4.17. The van der Waals surface area contributed by atoms with Gasteiger partial charge in [-0.25, -0.2) is 4.98 Å². The van der Waals surface area contributed by atoms with Crippen molar-refractivity contribution in [2.45, 2.75) is 64.3 Å². The molecule has 0 saturated carbocycles. The van der Waals surface area contributed by atoms with Crippen molar-refractivity contribution in [2.75, 3.05) is 13.2 Å². The molecule has 2 aliphatic heterocycles. The smallest absolute Gasteiger partial charge is 0.158 e. The fraction of sp³-hybridized carbons (Fsp3) is 0.342. The lowest BCUT2D eigenvalue weighted by Gasteiger charge is -2.22. The summed E-state index contributed by atoms with van der Waals surface area (Å²) in [6, 6.07) is 26.4. The van der Waals surface area contributed by atoms with E-state index in [1.165, 1.54) is 0 Å². The van der Waals surface area contributed by atoms with Crippen molar-refractivity contribution < 1.29 is 18.9 Å². The normalized spacial score (nSPS) is 18.1. The van der Waals surface area contributed by atoms with E-state index in [-0.39, 0.29) is 12.6 Å². The van der Waals surface area contributed by atoms with Crippen LogP contribution in [0.1, 0.15) is 72.2 Å². The maximum Gasteiger partial charge on any atom is 0.158 e. The maximum absolute atomic E-state index is 5.93. The van der Waals surface area contributed by atoms with Gasteiger partial charge in [-0.1, -0.05) is 66.4 Å². The van der Waals surface area contributed by atoms with E-state index >= 15 is 0 Å². The minimum atomic E-state index is -0.0981. The van der Waals surface area contributed by atoms with Gasteiger partial charge >= 0.3 is 0 Å². The molecule has 224 valence electrons. The van der Waals surface area contributed by atoms with Crippen LogP contribution in [-0.4, -0.2) is 35.3 Å². The van der Waals surface area contributed by atoms with E-state index in [1.54, 1.807) is 0 Å². The lowest BCUT2D eigenvalue weighted by Crippen LogP contribution is -2.21. The maximum atomic E-state index is 5.93. The molecule has 2 atom stereocenters. The Morgan fingerprint density at radius 2 is 1.23 bits per heavy atom. The molecule has 2 unspecified atom stereocenters. The van der Waals surface area contributed by atoms with Crippen LogP contribution in [0.2, 0.25) is 0 Å². The summed E-state index contributed by atoms with van der Waals surface area (Å²) in [7, 11) is 1.99. The number of benzene rings is 3. The Labute approximate surface area is 260 Å². The van der Waals surface area contributed by atoms with Crippen LogP contribution in [-0.2, 0) is 39.2 Å². The van der Waals surface area contributed by atoms with Crippen molar-refractivity contribution in [3.63, 3.8) is 0 Å². The standard InChI is InChI=1S/C38H38N2O4/c1-40-35(24-22-30-15-19-32(20-16-30)28-44-37-12-6-8-26-42-37)34(39-38(40)33-9-3-2-4-10-33)23-21-29-13-17-31(18-14-29)27-43-36-11-5-7-25-41-36/h2-4,9-10,13-20,36-37H,5-8,11-12,25-28H2,1H3. The summed E-state index contributed by atoms with van der Waals surface area (Å²) in [5.41, 5.74) is 6.46. The molecule has 4 aromatic rings. The average Bonchev–Trinajstić information content (AvgIpc) is 3.41. The molecule has 1 aromatic heterocycles. The van der Waals surface area contributed by atoms with Gasteiger partial charge in [-0.05, 0) is 85.8 Å². The van der Waals surface area contributed by atoms with Gasteiger partial charge in [0, 0.05) is 37.0 Å². The molecule has 3 aromatic carbocycles. The summed E-state index contributed by atoms with van der Waals surface area (Å²) in [6.07, 6.45) is 6.26. The van der Waals surface area contributed by atoms with Crippen molar-refractivity contribution in [2.24, 2.45) is 7.05 Å². The highest BCUT2D eigenvalue weighted by molar-refractivity contribution is 5.61. The summed E-state index contributed by atoms with van der Waals surface area (Å²) >= 11 is 0. The largest absolute Gasteiger partial charge is 0.353 e. The van der Waals surface area contributed by atoms with Gasteiger partial charge < -0.3 is 23.5 Å². The molecule has 6 rings (SSSR count). The third-order valence-corrected chi connectivity index (χ3v) is 7.83. The van der Waals surface area contributed by atoms with Crippen LogP contribution in [0.15, 0.2) is 78.9 Å². The molecule has 0 spiro atoms. The number of imidazole rings is 1. The molecular formula is C38H38N2O4. The first-order valence-corrected chi connectivity index (χ1v) is 15.5. The zero-order chi connectivity index (χ0) is 30.0. The van der Waals surface area contributed by atoms with Crippen LogP contribution in [0.3, 0.4) is 0 Å². The number of hydrogen-bond acceptors (Lipinski definition) is 5. The quantitative estimate of drug-likeness (QED) is 0.219. The molecule has 6 heteroatoms. The lowest BCUT2D eigenvalue weighted by molar-refractivity contribution is -0.169. The average molecular weight is 587 g/mol. The number of hydrogen-bond donors (Lipinski definition) is 0. The third-order valence-electron chi connectivity index (χ3n) is 7.83. The molecule has 2 fully saturated rings. The molecule has 2 saturated heterocycles. The highest BCUT2D eigenvalue weighted by atomic mass is 16.7. The number of ether oxygens (including phenoxy) is 4. The lowest BCUT2D eigenvalue weighted by atomic mass is 10.1. The zero-order valence-electron chi connectivity index (χ0n) is 25.3. The van der Waals surface area contributed by atoms with Gasteiger partial charge in [0.1, 0.15) is 17.2 Å². The summed E-state index contributed by atoms with van der Waals surface area (Å²) < 4.78 is 25.2. The van der Waals surface area contributed by atoms with Crippen LogP contribution < -0.4 is 0 Å². The second-order valence-electron chi connectivity index (χ2n) is 11.2. The second kappa shape index (κ2) is 15.0. The van der Waals surface area contributed by atoms with E-state index in [0.717, 1.165) is 91.1 Å². The van der Waals surface area contributed by atoms with Gasteiger partial charge in [0.15, 0.2) is 12.6 Å². The molecule has 6 nitrogen and oxygen atoms in total. The van der Waals surface area contributed by atoms with Crippen molar-refractivity contribution in [1.82, 2.24) is 9.55 Å². The van der Waals surface area contributed by atoms with Crippen molar-refractivity contribution in [3.8, 4) is 35.1 Å². The first-order chi connectivity index (χ1) is 21.7. The number of rotatable bonds is 7. The molecule has 0 radical (unpaired) electrons. The van der Waals surface area contributed by atoms with E-state index in [1.807, 2.05) is 54.1 Å². The van der Waals surface area contributed by atoms with Crippen LogP contribution in [0.4, 0.5) is 0 Å². The Morgan fingerprint density at radius 3 is 1.75 bits per heavy atom. The molecule has 0 aliphatic carbocycles. The van der Waals surface area contributed by atoms with Crippen molar-refractivity contribution in [3.05, 3.63) is 113 Å². The third kappa shape index (κ3) is 8.05. The molecule has 2 aliphatic rings. The first-order valence-electron chi connectivity index (χ1n) is 15.5. The first kappa shape index (κ1) is 29.9. The van der Waals surface area contributed by atoms with E-state index in [4.69, 9.17) is 23.9 Å². The van der Waals surface area contributed by atoms with Gasteiger partial charge in [-0.2, -0.15) is 0 Å². The second-order valence-corrected chi connectivity index (χ2v) is 11.2. The van der Waals surface area contributed by atoms with Crippen LogP contribution >= 0.6 is 0 Å². The van der Waals surface area contributed by atoms with Crippen LogP contribution in [0, 0.1) is 23.7 Å². The fourth-order valence-electron chi connectivity index (χ4n) is 5.27. The van der Waals surface area contributed by atoms with E-state index in [0.29, 0.717) is 18.9 Å². The van der Waals surface area contributed by atoms with Gasteiger partial charge in [0.25, 0.3) is 0 Å². The van der Waals surface area contributed by atoms with Crippen LogP contribution in [0.25, 0.3) is 11.4 Å². The highest BCUT2D eigenvalue weighted by Crippen LogP contribution is 2.22.